The predicted molar refractivity (Wildman–Crippen MR) is 212 cm³/mol. The summed E-state index contributed by atoms with van der Waals surface area (Å²) in [5.41, 5.74) is 7.17. The van der Waals surface area contributed by atoms with E-state index in [4.69, 9.17) is 4.84 Å². The Kier molecular flexibility index (Phi) is 6.78. The van der Waals surface area contributed by atoms with Crippen LogP contribution in [0.15, 0.2) is 164 Å². The minimum absolute atomic E-state index is 0.0549. The Hall–Kier alpha value is -6.26. The summed E-state index contributed by atoms with van der Waals surface area (Å²) in [6.07, 6.45) is 0. The van der Waals surface area contributed by atoms with Gasteiger partial charge in [0.2, 0.25) is 0 Å². The van der Waals surface area contributed by atoms with Crippen molar-refractivity contribution in [1.29, 1.82) is 0 Å². The van der Waals surface area contributed by atoms with Crippen LogP contribution in [-0.4, -0.2) is 19.6 Å². The zero-order chi connectivity index (χ0) is 34.1. The van der Waals surface area contributed by atoms with Gasteiger partial charge in [0.15, 0.2) is 0 Å². The molecular formula is C46H27NO3Se. The molecule has 9 aromatic carbocycles. The molecule has 0 aliphatic rings. The molecule has 0 unspecified atom stereocenters. The van der Waals surface area contributed by atoms with Gasteiger partial charge in [-0.05, 0) is 0 Å². The van der Waals surface area contributed by atoms with Gasteiger partial charge in [-0.15, -0.1) is 0 Å². The van der Waals surface area contributed by atoms with Crippen molar-refractivity contribution in [3.05, 3.63) is 174 Å². The van der Waals surface area contributed by atoms with Crippen molar-refractivity contribution in [3.8, 4) is 39.1 Å². The van der Waals surface area contributed by atoms with Gasteiger partial charge >= 0.3 is 300 Å². The Morgan fingerprint density at radius 1 is 0.431 bits per heavy atom. The van der Waals surface area contributed by atoms with Crippen LogP contribution in [0.25, 0.3) is 95.8 Å². The van der Waals surface area contributed by atoms with Crippen LogP contribution < -0.4 is 4.84 Å². The van der Waals surface area contributed by atoms with Gasteiger partial charge in [-0.1, -0.05) is 0 Å². The first-order valence-corrected chi connectivity index (χ1v) is 18.6. The first-order chi connectivity index (χ1) is 25.2. The summed E-state index contributed by atoms with van der Waals surface area (Å²) in [4.78, 5) is 16.9. The van der Waals surface area contributed by atoms with Crippen LogP contribution in [0, 0.1) is 10.1 Å². The summed E-state index contributed by atoms with van der Waals surface area (Å²) < 4.78 is 2.68. The van der Waals surface area contributed by atoms with Gasteiger partial charge in [-0.3, -0.25) is 0 Å². The average Bonchev–Trinajstić information content (AvgIpc) is 3.55. The summed E-state index contributed by atoms with van der Waals surface area (Å²) in [5, 5.41) is 21.7. The summed E-state index contributed by atoms with van der Waals surface area (Å²) in [5.74, 6) is 0.277. The van der Waals surface area contributed by atoms with Crippen molar-refractivity contribution in [2.45, 2.75) is 0 Å². The molecule has 0 saturated heterocycles. The summed E-state index contributed by atoms with van der Waals surface area (Å²) >= 11 is 0.0549. The minimum atomic E-state index is -0.715. The van der Waals surface area contributed by atoms with Crippen LogP contribution in [0.3, 0.4) is 0 Å². The predicted octanol–water partition coefficient (Wildman–Crippen LogP) is 12.2. The Labute approximate surface area is 298 Å². The molecule has 4 nitrogen and oxygen atoms in total. The van der Waals surface area contributed by atoms with Crippen molar-refractivity contribution in [2.24, 2.45) is 0 Å². The molecule has 0 aliphatic carbocycles. The van der Waals surface area contributed by atoms with E-state index in [9.17, 15) is 10.1 Å². The Morgan fingerprint density at radius 3 is 1.45 bits per heavy atom. The van der Waals surface area contributed by atoms with Crippen LogP contribution in [-0.2, 0) is 0 Å². The van der Waals surface area contributed by atoms with Crippen LogP contribution in [0.5, 0.6) is 5.75 Å². The van der Waals surface area contributed by atoms with E-state index in [0.717, 1.165) is 32.7 Å². The average molecular weight is 721 g/mol. The van der Waals surface area contributed by atoms with E-state index in [1.165, 1.54) is 63.1 Å². The van der Waals surface area contributed by atoms with Gasteiger partial charge in [-0.2, -0.15) is 0 Å². The topological polar surface area (TPSA) is 52.4 Å². The Bertz CT molecular complexity index is 2920. The maximum atomic E-state index is 11.6. The number of fused-ring (bicyclic) bond motifs is 7. The molecule has 0 spiro atoms. The monoisotopic (exact) mass is 721 g/mol. The molecule has 5 heteroatoms. The molecule has 0 amide bonds. The van der Waals surface area contributed by atoms with E-state index in [1.54, 1.807) is 0 Å². The number of hydrogen-bond acceptors (Lipinski definition) is 3. The molecule has 0 radical (unpaired) electrons. The molecule has 0 aliphatic heterocycles. The van der Waals surface area contributed by atoms with Crippen molar-refractivity contribution in [1.82, 2.24) is 0 Å². The van der Waals surface area contributed by atoms with E-state index in [2.05, 4.69) is 115 Å². The molecule has 51 heavy (non-hydrogen) atoms. The normalized spacial score (nSPS) is 11.7. The molecule has 10 aromatic rings. The first kappa shape index (κ1) is 29.6. The second kappa shape index (κ2) is 11.7. The van der Waals surface area contributed by atoms with E-state index in [1.807, 2.05) is 48.5 Å². The zero-order valence-electron chi connectivity index (χ0n) is 27.2. The van der Waals surface area contributed by atoms with Gasteiger partial charge < -0.3 is 0 Å². The zero-order valence-corrected chi connectivity index (χ0v) is 28.9. The first-order valence-electron chi connectivity index (χ1n) is 16.9. The molecule has 0 bridgehead atoms. The van der Waals surface area contributed by atoms with Crippen LogP contribution >= 0.6 is 0 Å². The molecular weight excluding hydrogens is 693 g/mol. The van der Waals surface area contributed by atoms with Crippen molar-refractivity contribution >= 4 is 76.9 Å². The quantitative estimate of drug-likeness (QED) is 0.0770. The second-order valence-corrected chi connectivity index (χ2v) is 15.0. The second-order valence-electron chi connectivity index (χ2n) is 12.8. The van der Waals surface area contributed by atoms with Gasteiger partial charge in [-0.25, -0.2) is 0 Å². The molecule has 0 saturated carbocycles. The van der Waals surface area contributed by atoms with E-state index in [0.29, 0.717) is 0 Å². The van der Waals surface area contributed by atoms with E-state index < -0.39 is 5.09 Å². The van der Waals surface area contributed by atoms with Gasteiger partial charge in [0, 0.05) is 0 Å². The number of benzene rings is 9. The summed E-state index contributed by atoms with van der Waals surface area (Å²) in [6.45, 7) is 0. The Morgan fingerprint density at radius 2 is 0.902 bits per heavy atom. The molecule has 0 fully saturated rings. The molecule has 0 N–H and O–H groups in total. The standard InChI is InChI=1S/C46H27NO3Se/c48-47(49)50-45-36-21-10-8-19-34(36)44(35-20-9-11-22-37(35)45)39-24-12-23-38-40-27-29(25-26-41(40)51-46(38)39)43-32-17-6-4-15-30(32)42(28-13-2-1-3-14-28)31-16-5-7-18-33(31)43/h1-27H. The Balaban J connectivity index is 1.25. The number of rotatable bonds is 5. The third kappa shape index (κ3) is 4.60. The number of hydrogen-bond donors (Lipinski definition) is 0. The van der Waals surface area contributed by atoms with Crippen LogP contribution in [0.1, 0.15) is 0 Å². The van der Waals surface area contributed by atoms with E-state index in [-0.39, 0.29) is 20.3 Å². The van der Waals surface area contributed by atoms with Gasteiger partial charge in [0.25, 0.3) is 0 Å². The van der Waals surface area contributed by atoms with Crippen molar-refractivity contribution in [3.63, 3.8) is 0 Å². The van der Waals surface area contributed by atoms with Crippen LogP contribution in [0.4, 0.5) is 0 Å². The third-order valence-electron chi connectivity index (χ3n) is 10.1. The molecule has 1 heterocycles. The third-order valence-corrected chi connectivity index (χ3v) is 12.7. The molecule has 1 aromatic heterocycles. The van der Waals surface area contributed by atoms with Crippen LogP contribution in [0.2, 0.25) is 0 Å². The molecule has 240 valence electrons. The van der Waals surface area contributed by atoms with Gasteiger partial charge in [0.1, 0.15) is 0 Å². The fourth-order valence-corrected chi connectivity index (χ4v) is 10.6. The fraction of sp³-hybridized carbons (Fsp3) is 0. The summed E-state index contributed by atoms with van der Waals surface area (Å²) in [7, 11) is 0. The van der Waals surface area contributed by atoms with Crippen molar-refractivity contribution < 1.29 is 9.92 Å². The van der Waals surface area contributed by atoms with Gasteiger partial charge in [0.05, 0.1) is 0 Å². The molecule has 0 atom stereocenters. The van der Waals surface area contributed by atoms with Crippen molar-refractivity contribution in [2.75, 3.05) is 0 Å². The summed E-state index contributed by atoms with van der Waals surface area (Å²) in [6, 6.07) is 57.6. The number of nitrogens with zero attached hydrogens (tertiary/aromatic N) is 1. The van der Waals surface area contributed by atoms with E-state index >= 15 is 0 Å². The maximum absolute atomic E-state index is 11.6. The SMILES string of the molecule is O=[N+]([O-])Oc1c2ccccc2c(-c2cccc3c2[se]c2ccc(-c4c5ccccc5c(-c5ccccc5)c5ccccc45)cc23)c2ccccc12. The molecule has 10 rings (SSSR count). The fourth-order valence-electron chi connectivity index (χ4n) is 8.06.